The van der Waals surface area contributed by atoms with Gasteiger partial charge in [0.1, 0.15) is 0 Å². The summed E-state index contributed by atoms with van der Waals surface area (Å²) in [6.07, 6.45) is 9.02. The molecule has 6 atom stereocenters. The normalized spacial score (nSPS) is 47.2. The smallest absolute Gasteiger partial charge is 0.0101 e. The molecule has 0 spiro atoms. The highest BCUT2D eigenvalue weighted by molar-refractivity contribution is 5.05. The van der Waals surface area contributed by atoms with Gasteiger partial charge in [-0.2, -0.15) is 0 Å². The van der Waals surface area contributed by atoms with E-state index in [0.29, 0.717) is 0 Å². The average Bonchev–Trinajstić information content (AvgIpc) is 2.96. The number of hydrogen-bond acceptors (Lipinski definition) is 1. The maximum absolute atomic E-state index is 3.88. The first-order chi connectivity index (χ1) is 7.79. The maximum Gasteiger partial charge on any atom is 0.0101 e. The van der Waals surface area contributed by atoms with Crippen molar-refractivity contribution in [3.8, 4) is 0 Å². The summed E-state index contributed by atoms with van der Waals surface area (Å²) in [5, 5.41) is 3.88. The molecule has 0 aliphatic heterocycles. The Kier molecular flexibility index (Phi) is 2.99. The summed E-state index contributed by atoms with van der Waals surface area (Å²) >= 11 is 0. The number of fused-ring (bicyclic) bond motifs is 5. The van der Waals surface area contributed by atoms with E-state index >= 15 is 0 Å². The first-order valence-corrected chi connectivity index (χ1v) is 7.53. The van der Waals surface area contributed by atoms with Crippen LogP contribution in [-0.2, 0) is 0 Å². The molecule has 3 saturated carbocycles. The van der Waals surface area contributed by atoms with Crippen LogP contribution in [-0.4, -0.2) is 12.6 Å². The van der Waals surface area contributed by atoms with E-state index < -0.39 is 0 Å². The fourth-order valence-electron chi connectivity index (χ4n) is 4.80. The molecule has 6 unspecified atom stereocenters. The second-order valence-corrected chi connectivity index (χ2v) is 6.68. The Morgan fingerprint density at radius 2 is 1.94 bits per heavy atom. The Hall–Kier alpha value is -0.0400. The van der Waals surface area contributed by atoms with E-state index in [2.05, 4.69) is 19.2 Å². The summed E-state index contributed by atoms with van der Waals surface area (Å²) in [7, 11) is 0. The minimum Gasteiger partial charge on any atom is -0.313 e. The van der Waals surface area contributed by atoms with Crippen molar-refractivity contribution in [3.05, 3.63) is 0 Å². The Morgan fingerprint density at radius 1 is 1.12 bits per heavy atom. The zero-order valence-electron chi connectivity index (χ0n) is 10.9. The third-order valence-electron chi connectivity index (χ3n) is 5.85. The number of hydrogen-bond donors (Lipinski definition) is 1. The Balaban J connectivity index is 1.56. The van der Waals surface area contributed by atoms with E-state index in [-0.39, 0.29) is 0 Å². The van der Waals surface area contributed by atoms with E-state index in [0.717, 1.165) is 35.6 Å². The van der Waals surface area contributed by atoms with E-state index in [1.807, 2.05) is 0 Å². The summed E-state index contributed by atoms with van der Waals surface area (Å²) in [6, 6.07) is 0.887. The van der Waals surface area contributed by atoms with Gasteiger partial charge in [-0.15, -0.1) is 0 Å². The molecule has 0 aromatic carbocycles. The molecule has 16 heavy (non-hydrogen) atoms. The van der Waals surface area contributed by atoms with Crippen LogP contribution < -0.4 is 5.32 Å². The molecule has 0 aromatic heterocycles. The largest absolute Gasteiger partial charge is 0.313 e. The third kappa shape index (κ3) is 1.72. The van der Waals surface area contributed by atoms with Crippen LogP contribution >= 0.6 is 0 Å². The SMILES string of the molecule is CCC(C)CNC1CC2CC1C1CCCC21. The molecule has 0 radical (unpaired) electrons. The summed E-state index contributed by atoms with van der Waals surface area (Å²) in [5.41, 5.74) is 0. The van der Waals surface area contributed by atoms with Crippen molar-refractivity contribution in [1.82, 2.24) is 5.32 Å². The maximum atomic E-state index is 3.88. The molecule has 3 fully saturated rings. The van der Waals surface area contributed by atoms with Crippen LogP contribution in [0, 0.1) is 29.6 Å². The molecular formula is C15H27N. The molecule has 92 valence electrons. The molecule has 0 heterocycles. The Labute approximate surface area is 100 Å². The molecule has 2 bridgehead atoms. The topological polar surface area (TPSA) is 12.0 Å². The number of nitrogens with one attached hydrogen (secondary N) is 1. The highest BCUT2D eigenvalue weighted by Gasteiger charge is 2.53. The lowest BCUT2D eigenvalue weighted by Gasteiger charge is -2.32. The fourth-order valence-corrected chi connectivity index (χ4v) is 4.80. The van der Waals surface area contributed by atoms with Crippen LogP contribution in [0.15, 0.2) is 0 Å². The zero-order valence-corrected chi connectivity index (χ0v) is 10.9. The van der Waals surface area contributed by atoms with Gasteiger partial charge in [-0.3, -0.25) is 0 Å². The minimum absolute atomic E-state index is 0.860. The molecular weight excluding hydrogens is 194 g/mol. The van der Waals surface area contributed by atoms with Gasteiger partial charge in [0.15, 0.2) is 0 Å². The standard InChI is InChI=1S/C15H27N/c1-3-10(2)9-16-15-8-11-7-14(15)13-6-4-5-12(11)13/h10-16H,3-9H2,1-2H3. The second kappa shape index (κ2) is 4.33. The van der Waals surface area contributed by atoms with E-state index in [4.69, 9.17) is 0 Å². The minimum atomic E-state index is 0.860. The number of rotatable bonds is 4. The van der Waals surface area contributed by atoms with Gasteiger partial charge in [-0.1, -0.05) is 26.7 Å². The summed E-state index contributed by atoms with van der Waals surface area (Å²) in [6.45, 7) is 5.93. The van der Waals surface area contributed by atoms with Gasteiger partial charge in [0.2, 0.25) is 0 Å². The molecule has 1 heteroatoms. The quantitative estimate of drug-likeness (QED) is 0.767. The lowest BCUT2D eigenvalue weighted by Crippen LogP contribution is -2.41. The zero-order chi connectivity index (χ0) is 11.1. The highest BCUT2D eigenvalue weighted by Crippen LogP contribution is 2.58. The van der Waals surface area contributed by atoms with E-state index in [1.54, 1.807) is 19.3 Å². The molecule has 0 saturated heterocycles. The summed E-state index contributed by atoms with van der Waals surface area (Å²) < 4.78 is 0. The van der Waals surface area contributed by atoms with E-state index in [9.17, 15) is 0 Å². The Bertz CT molecular complexity index is 250. The van der Waals surface area contributed by atoms with E-state index in [1.165, 1.54) is 25.8 Å². The second-order valence-electron chi connectivity index (χ2n) is 6.68. The molecule has 1 N–H and O–H groups in total. The monoisotopic (exact) mass is 221 g/mol. The van der Waals surface area contributed by atoms with Crippen molar-refractivity contribution in [1.29, 1.82) is 0 Å². The van der Waals surface area contributed by atoms with Crippen molar-refractivity contribution in [2.24, 2.45) is 29.6 Å². The predicted octanol–water partition coefficient (Wildman–Crippen LogP) is 3.45. The fraction of sp³-hybridized carbons (Fsp3) is 1.00. The summed E-state index contributed by atoms with van der Waals surface area (Å²) in [4.78, 5) is 0. The van der Waals surface area contributed by atoms with Crippen LogP contribution in [0.2, 0.25) is 0 Å². The molecule has 0 aromatic rings. The first-order valence-electron chi connectivity index (χ1n) is 7.53. The summed E-state index contributed by atoms with van der Waals surface area (Å²) in [5.74, 6) is 5.28. The average molecular weight is 221 g/mol. The molecule has 3 aliphatic rings. The van der Waals surface area contributed by atoms with Gasteiger partial charge >= 0.3 is 0 Å². The predicted molar refractivity (Wildman–Crippen MR) is 68.3 cm³/mol. The van der Waals surface area contributed by atoms with Crippen molar-refractivity contribution in [2.45, 2.75) is 58.4 Å². The van der Waals surface area contributed by atoms with Crippen molar-refractivity contribution in [3.63, 3.8) is 0 Å². The lowest BCUT2D eigenvalue weighted by atomic mass is 9.79. The molecule has 1 nitrogen and oxygen atoms in total. The first kappa shape index (κ1) is 11.1. The van der Waals surface area contributed by atoms with Crippen LogP contribution in [0.3, 0.4) is 0 Å². The molecule has 3 rings (SSSR count). The lowest BCUT2D eigenvalue weighted by molar-refractivity contribution is 0.204. The van der Waals surface area contributed by atoms with Gasteiger partial charge in [0, 0.05) is 6.04 Å². The molecule has 0 amide bonds. The van der Waals surface area contributed by atoms with Crippen LogP contribution in [0.4, 0.5) is 0 Å². The van der Waals surface area contributed by atoms with Crippen LogP contribution in [0.5, 0.6) is 0 Å². The van der Waals surface area contributed by atoms with Crippen LogP contribution in [0.1, 0.15) is 52.4 Å². The highest BCUT2D eigenvalue weighted by atomic mass is 14.9. The van der Waals surface area contributed by atoms with Gasteiger partial charge < -0.3 is 5.32 Å². The van der Waals surface area contributed by atoms with Crippen molar-refractivity contribution >= 4 is 0 Å². The van der Waals surface area contributed by atoms with Gasteiger partial charge in [0.25, 0.3) is 0 Å². The van der Waals surface area contributed by atoms with Gasteiger partial charge in [-0.25, -0.2) is 0 Å². The van der Waals surface area contributed by atoms with Gasteiger partial charge in [-0.05, 0) is 61.8 Å². The van der Waals surface area contributed by atoms with Crippen LogP contribution in [0.25, 0.3) is 0 Å². The Morgan fingerprint density at radius 3 is 2.75 bits per heavy atom. The van der Waals surface area contributed by atoms with Gasteiger partial charge in [0.05, 0.1) is 0 Å². The van der Waals surface area contributed by atoms with Crippen molar-refractivity contribution < 1.29 is 0 Å². The third-order valence-corrected chi connectivity index (χ3v) is 5.85. The molecule has 3 aliphatic carbocycles. The van der Waals surface area contributed by atoms with Crippen molar-refractivity contribution in [2.75, 3.05) is 6.54 Å².